The third-order valence-electron chi connectivity index (χ3n) is 6.60. The number of fused-ring (bicyclic) bond motifs is 4. The highest BCUT2D eigenvalue weighted by Gasteiger charge is 2.29. The number of aryl methyl sites for hydroxylation is 1. The van der Waals surface area contributed by atoms with Gasteiger partial charge in [0, 0.05) is 24.5 Å². The number of nitrogens with zero attached hydrogens (tertiary/aromatic N) is 4. The van der Waals surface area contributed by atoms with Crippen LogP contribution in [0.15, 0.2) is 66.7 Å². The first-order valence-corrected chi connectivity index (χ1v) is 12.5. The van der Waals surface area contributed by atoms with Crippen LogP contribution in [0.4, 0.5) is 0 Å². The van der Waals surface area contributed by atoms with Crippen LogP contribution >= 0.6 is 11.7 Å². The molecule has 0 aliphatic heterocycles. The zero-order chi connectivity index (χ0) is 24.8. The Morgan fingerprint density at radius 3 is 2.53 bits per heavy atom. The number of aromatic nitrogens is 4. The standard InChI is InChI=1S/C28H24N4O3S/c1-4-35-28(33)27-24(18-10-12-19(34-3)13-11-18)26-25(20-7-5-6-8-23(20)31(26)2)32(27)16-17-9-14-21-22(15-17)30-36-29-21/h5-15H,4,16H2,1-3H3. The summed E-state index contributed by atoms with van der Waals surface area (Å²) in [4.78, 5) is 13.6. The van der Waals surface area contributed by atoms with Crippen LogP contribution in [0, 0.1) is 0 Å². The van der Waals surface area contributed by atoms with Crippen molar-refractivity contribution in [3.05, 3.63) is 78.0 Å². The van der Waals surface area contributed by atoms with E-state index in [0.717, 1.165) is 55.4 Å². The van der Waals surface area contributed by atoms with Gasteiger partial charge in [-0.15, -0.1) is 0 Å². The Morgan fingerprint density at radius 2 is 1.75 bits per heavy atom. The summed E-state index contributed by atoms with van der Waals surface area (Å²) in [5.74, 6) is 0.411. The zero-order valence-electron chi connectivity index (χ0n) is 20.2. The normalized spacial score (nSPS) is 11.5. The summed E-state index contributed by atoms with van der Waals surface area (Å²) in [5, 5.41) is 1.08. The number of carbonyl (C=O) groups is 1. The van der Waals surface area contributed by atoms with Crippen LogP contribution in [0.3, 0.4) is 0 Å². The Labute approximate surface area is 211 Å². The van der Waals surface area contributed by atoms with Gasteiger partial charge < -0.3 is 18.6 Å². The van der Waals surface area contributed by atoms with Crippen LogP contribution in [-0.4, -0.2) is 37.6 Å². The topological polar surface area (TPSA) is 71.2 Å². The van der Waals surface area contributed by atoms with Gasteiger partial charge in [0.15, 0.2) is 0 Å². The minimum Gasteiger partial charge on any atom is -0.497 e. The number of hydrogen-bond donors (Lipinski definition) is 0. The minimum atomic E-state index is -0.347. The van der Waals surface area contributed by atoms with Gasteiger partial charge in [-0.2, -0.15) is 8.75 Å². The SMILES string of the molecule is CCOC(=O)c1c(-c2ccc(OC)cc2)c2c(c3ccccc3n2C)n1Cc1ccc2nsnc2c1. The largest absolute Gasteiger partial charge is 0.497 e. The van der Waals surface area contributed by atoms with E-state index in [9.17, 15) is 4.79 Å². The zero-order valence-corrected chi connectivity index (χ0v) is 21.0. The Bertz CT molecular complexity index is 1740. The molecule has 0 spiro atoms. The van der Waals surface area contributed by atoms with E-state index in [4.69, 9.17) is 9.47 Å². The van der Waals surface area contributed by atoms with Crippen molar-refractivity contribution in [1.82, 2.24) is 17.9 Å². The van der Waals surface area contributed by atoms with E-state index in [0.29, 0.717) is 18.8 Å². The molecule has 6 rings (SSSR count). The lowest BCUT2D eigenvalue weighted by Crippen LogP contribution is -2.14. The fourth-order valence-electron chi connectivity index (χ4n) is 5.00. The summed E-state index contributed by atoms with van der Waals surface area (Å²) in [6, 6.07) is 22.2. The molecule has 0 fully saturated rings. The highest BCUT2D eigenvalue weighted by molar-refractivity contribution is 7.00. The summed E-state index contributed by atoms with van der Waals surface area (Å²) >= 11 is 1.20. The molecule has 3 heterocycles. The molecule has 0 amide bonds. The van der Waals surface area contributed by atoms with Crippen LogP contribution in [-0.2, 0) is 18.3 Å². The minimum absolute atomic E-state index is 0.291. The third kappa shape index (κ3) is 3.45. The predicted octanol–water partition coefficient (Wildman–Crippen LogP) is 6.04. The van der Waals surface area contributed by atoms with E-state index in [2.05, 4.69) is 30.0 Å². The lowest BCUT2D eigenvalue weighted by atomic mass is 10.0. The maximum Gasteiger partial charge on any atom is 0.355 e. The maximum absolute atomic E-state index is 13.6. The first-order valence-electron chi connectivity index (χ1n) is 11.7. The summed E-state index contributed by atoms with van der Waals surface area (Å²) in [6.45, 7) is 2.61. The number of para-hydroxylation sites is 1. The molecule has 36 heavy (non-hydrogen) atoms. The van der Waals surface area contributed by atoms with Crippen molar-refractivity contribution >= 4 is 50.7 Å². The van der Waals surface area contributed by atoms with E-state index >= 15 is 0 Å². The van der Waals surface area contributed by atoms with Gasteiger partial charge in [-0.1, -0.05) is 36.4 Å². The number of esters is 1. The first-order chi connectivity index (χ1) is 17.6. The molecule has 6 aromatic rings. The van der Waals surface area contributed by atoms with Gasteiger partial charge in [-0.25, -0.2) is 4.79 Å². The molecule has 0 unspecified atom stereocenters. The van der Waals surface area contributed by atoms with Crippen molar-refractivity contribution in [2.24, 2.45) is 7.05 Å². The molecule has 0 saturated heterocycles. The number of rotatable bonds is 6. The van der Waals surface area contributed by atoms with E-state index < -0.39 is 0 Å². The van der Waals surface area contributed by atoms with Crippen molar-refractivity contribution in [3.8, 4) is 16.9 Å². The number of hydrogen-bond acceptors (Lipinski definition) is 6. The molecule has 0 radical (unpaired) electrons. The van der Waals surface area contributed by atoms with Gasteiger partial charge in [0.05, 0.1) is 42.0 Å². The number of methoxy groups -OCH3 is 1. The van der Waals surface area contributed by atoms with E-state index in [1.54, 1.807) is 7.11 Å². The van der Waals surface area contributed by atoms with E-state index in [1.165, 1.54) is 11.7 Å². The van der Waals surface area contributed by atoms with E-state index in [-0.39, 0.29) is 5.97 Å². The Kier molecular flexibility index (Phi) is 5.45. The van der Waals surface area contributed by atoms with Crippen molar-refractivity contribution in [1.29, 1.82) is 0 Å². The van der Waals surface area contributed by atoms with Crippen molar-refractivity contribution < 1.29 is 14.3 Å². The smallest absolute Gasteiger partial charge is 0.355 e. The third-order valence-corrected chi connectivity index (χ3v) is 7.16. The van der Waals surface area contributed by atoms with Gasteiger partial charge in [-0.3, -0.25) is 0 Å². The summed E-state index contributed by atoms with van der Waals surface area (Å²) < 4.78 is 24.0. The molecule has 0 saturated carbocycles. The Balaban J connectivity index is 1.69. The van der Waals surface area contributed by atoms with Crippen LogP contribution in [0.2, 0.25) is 0 Å². The molecule has 8 heteroatoms. The molecule has 3 aromatic heterocycles. The summed E-state index contributed by atoms with van der Waals surface area (Å²) in [7, 11) is 3.69. The van der Waals surface area contributed by atoms with E-state index in [1.807, 2.05) is 68.6 Å². The van der Waals surface area contributed by atoms with Crippen LogP contribution < -0.4 is 4.74 Å². The quantitative estimate of drug-likeness (QED) is 0.263. The Morgan fingerprint density at radius 1 is 0.972 bits per heavy atom. The molecule has 3 aromatic carbocycles. The average Bonchev–Trinajstić information content (AvgIpc) is 3.58. The average molecular weight is 497 g/mol. The van der Waals surface area contributed by atoms with Gasteiger partial charge >= 0.3 is 5.97 Å². The van der Waals surface area contributed by atoms with Gasteiger partial charge in [0.25, 0.3) is 0 Å². The second-order valence-corrected chi connectivity index (χ2v) is 9.15. The number of ether oxygens (including phenoxy) is 2. The molecule has 0 atom stereocenters. The van der Waals surface area contributed by atoms with Crippen LogP contribution in [0.5, 0.6) is 5.75 Å². The Hall–Kier alpha value is -4.17. The lowest BCUT2D eigenvalue weighted by molar-refractivity contribution is 0.0516. The molecule has 180 valence electrons. The molecule has 0 aliphatic rings. The predicted molar refractivity (Wildman–Crippen MR) is 143 cm³/mol. The maximum atomic E-state index is 13.6. The van der Waals surface area contributed by atoms with Gasteiger partial charge in [0.2, 0.25) is 0 Å². The molecule has 0 bridgehead atoms. The lowest BCUT2D eigenvalue weighted by Gasteiger charge is -2.13. The fraction of sp³-hybridized carbons (Fsp3) is 0.179. The molecule has 0 N–H and O–H groups in total. The number of carbonyl (C=O) groups excluding carboxylic acids is 1. The molecule has 7 nitrogen and oxygen atoms in total. The molecular formula is C28H24N4O3S. The van der Waals surface area contributed by atoms with Crippen LogP contribution in [0.25, 0.3) is 44.1 Å². The van der Waals surface area contributed by atoms with Crippen molar-refractivity contribution in [2.75, 3.05) is 13.7 Å². The summed E-state index contributed by atoms with van der Waals surface area (Å²) in [6.07, 6.45) is 0. The van der Waals surface area contributed by atoms with Gasteiger partial charge in [-0.05, 0) is 48.4 Å². The van der Waals surface area contributed by atoms with Crippen molar-refractivity contribution in [3.63, 3.8) is 0 Å². The second kappa shape index (κ2) is 8.80. The molecule has 0 aliphatic carbocycles. The highest BCUT2D eigenvalue weighted by atomic mass is 32.1. The second-order valence-electron chi connectivity index (χ2n) is 8.62. The van der Waals surface area contributed by atoms with Gasteiger partial charge in [0.1, 0.15) is 22.5 Å². The van der Waals surface area contributed by atoms with Crippen molar-refractivity contribution in [2.45, 2.75) is 13.5 Å². The van der Waals surface area contributed by atoms with Crippen LogP contribution in [0.1, 0.15) is 23.0 Å². The number of benzene rings is 3. The fourth-order valence-corrected chi connectivity index (χ4v) is 5.52. The monoisotopic (exact) mass is 496 g/mol. The highest BCUT2D eigenvalue weighted by Crippen LogP contribution is 2.41. The first kappa shape index (κ1) is 22.3. The summed E-state index contributed by atoms with van der Waals surface area (Å²) in [5.41, 5.74) is 8.15. The molecular weight excluding hydrogens is 472 g/mol.